The van der Waals surface area contributed by atoms with Crippen LogP contribution in [0.15, 0.2) is 59.0 Å². The number of rotatable bonds is 4. The fourth-order valence-electron chi connectivity index (χ4n) is 3.15. The lowest BCUT2D eigenvalue weighted by Crippen LogP contribution is -2.13. The average Bonchev–Trinajstić information content (AvgIpc) is 3.29. The zero-order valence-corrected chi connectivity index (χ0v) is 16.4. The van der Waals surface area contributed by atoms with Gasteiger partial charge in [-0.3, -0.25) is 4.79 Å². The maximum absolute atomic E-state index is 13.3. The number of hydrogen-bond acceptors (Lipinski definition) is 5. The summed E-state index contributed by atoms with van der Waals surface area (Å²) in [6.07, 6.45) is 0. The number of thiophene rings is 1. The molecule has 2 aromatic carbocycles. The van der Waals surface area contributed by atoms with E-state index >= 15 is 0 Å². The number of carbonyl (C=O) groups excluding carboxylic acids is 2. The highest BCUT2D eigenvalue weighted by Gasteiger charge is 2.26. The van der Waals surface area contributed by atoms with Gasteiger partial charge in [0.1, 0.15) is 22.0 Å². The molecule has 7 heteroatoms. The Bertz CT molecular complexity index is 1190. The zero-order valence-electron chi connectivity index (χ0n) is 15.6. The van der Waals surface area contributed by atoms with Crippen LogP contribution in [0.25, 0.3) is 22.1 Å². The summed E-state index contributed by atoms with van der Waals surface area (Å²) in [5.41, 5.74) is 2.08. The zero-order chi connectivity index (χ0) is 20.5. The number of hydrogen-bond donors (Lipinski definition) is 1. The molecule has 0 radical (unpaired) electrons. The number of benzene rings is 2. The topological polar surface area (TPSA) is 68.5 Å². The molecule has 0 atom stereocenters. The van der Waals surface area contributed by atoms with Gasteiger partial charge < -0.3 is 14.5 Å². The Labute approximate surface area is 169 Å². The van der Waals surface area contributed by atoms with Gasteiger partial charge in [0, 0.05) is 15.8 Å². The smallest absolute Gasteiger partial charge is 0.341 e. The Kier molecular flexibility index (Phi) is 4.90. The van der Waals surface area contributed by atoms with Crippen LogP contribution in [-0.4, -0.2) is 19.0 Å². The summed E-state index contributed by atoms with van der Waals surface area (Å²) in [6.45, 7) is 1.83. The number of fused-ring (bicyclic) bond motifs is 1. The maximum atomic E-state index is 13.3. The largest absolute Gasteiger partial charge is 0.465 e. The summed E-state index contributed by atoms with van der Waals surface area (Å²) in [7, 11) is 1.27. The molecular formula is C22H16FNO4S. The first-order chi connectivity index (χ1) is 14.0. The summed E-state index contributed by atoms with van der Waals surface area (Å²) in [6, 6.07) is 14.7. The molecule has 0 aliphatic carbocycles. The monoisotopic (exact) mass is 409 g/mol. The van der Waals surface area contributed by atoms with Crippen LogP contribution in [0.1, 0.15) is 25.8 Å². The standard InChI is InChI=1S/C22H16FNO4S/c1-12-18(13-7-9-15(23)10-8-13)19(22(26)27-2)21(29-12)24-20(25)17-11-14-5-3-4-6-16(14)28-17/h3-11H,1-2H3,(H,24,25). The van der Waals surface area contributed by atoms with Gasteiger partial charge in [0.15, 0.2) is 5.76 Å². The predicted octanol–water partition coefficient (Wildman–Crippen LogP) is 5.65. The van der Waals surface area contributed by atoms with Gasteiger partial charge in [0.2, 0.25) is 0 Å². The lowest BCUT2D eigenvalue weighted by Gasteiger charge is -2.07. The average molecular weight is 409 g/mol. The molecule has 0 saturated carbocycles. The van der Waals surface area contributed by atoms with E-state index in [9.17, 15) is 14.0 Å². The second kappa shape index (κ2) is 7.52. The van der Waals surface area contributed by atoms with Crippen LogP contribution in [0.2, 0.25) is 0 Å². The van der Waals surface area contributed by atoms with Gasteiger partial charge in [-0.1, -0.05) is 30.3 Å². The summed E-state index contributed by atoms with van der Waals surface area (Å²) < 4.78 is 23.9. The number of amides is 1. The van der Waals surface area contributed by atoms with E-state index in [2.05, 4.69) is 5.32 Å². The first-order valence-electron chi connectivity index (χ1n) is 8.75. The first kappa shape index (κ1) is 18.9. The van der Waals surface area contributed by atoms with E-state index in [1.165, 1.54) is 30.6 Å². The van der Waals surface area contributed by atoms with Gasteiger partial charge in [0.05, 0.1) is 7.11 Å². The molecule has 0 aliphatic heterocycles. The van der Waals surface area contributed by atoms with Crippen molar-refractivity contribution in [2.75, 3.05) is 12.4 Å². The molecule has 0 aliphatic rings. The van der Waals surface area contributed by atoms with Crippen LogP contribution in [0.3, 0.4) is 0 Å². The number of anilines is 1. The third-order valence-corrected chi connectivity index (χ3v) is 5.50. The number of esters is 1. The van der Waals surface area contributed by atoms with Crippen LogP contribution >= 0.6 is 11.3 Å². The van der Waals surface area contributed by atoms with Gasteiger partial charge in [-0.2, -0.15) is 0 Å². The molecule has 0 fully saturated rings. The van der Waals surface area contributed by atoms with E-state index in [0.717, 1.165) is 10.3 Å². The van der Waals surface area contributed by atoms with E-state index in [-0.39, 0.29) is 17.1 Å². The number of halogens is 1. The fraction of sp³-hybridized carbons (Fsp3) is 0.0909. The molecule has 1 N–H and O–H groups in total. The molecule has 2 heterocycles. The van der Waals surface area contributed by atoms with Crippen molar-refractivity contribution < 1.29 is 23.1 Å². The van der Waals surface area contributed by atoms with Crippen LogP contribution < -0.4 is 5.32 Å². The van der Waals surface area contributed by atoms with Crippen molar-refractivity contribution >= 4 is 39.2 Å². The van der Waals surface area contributed by atoms with E-state index in [4.69, 9.17) is 9.15 Å². The minimum Gasteiger partial charge on any atom is -0.465 e. The third kappa shape index (κ3) is 3.52. The van der Waals surface area contributed by atoms with Crippen molar-refractivity contribution in [3.63, 3.8) is 0 Å². The van der Waals surface area contributed by atoms with Crippen molar-refractivity contribution in [3.05, 3.63) is 76.6 Å². The predicted molar refractivity (Wildman–Crippen MR) is 110 cm³/mol. The number of para-hydroxylation sites is 1. The minimum absolute atomic E-state index is 0.136. The number of carbonyl (C=O) groups is 2. The van der Waals surface area contributed by atoms with Crippen molar-refractivity contribution in [1.29, 1.82) is 0 Å². The van der Waals surface area contributed by atoms with Crippen molar-refractivity contribution in [3.8, 4) is 11.1 Å². The highest BCUT2D eigenvalue weighted by molar-refractivity contribution is 7.17. The molecule has 0 bridgehead atoms. The van der Waals surface area contributed by atoms with Crippen molar-refractivity contribution in [2.45, 2.75) is 6.92 Å². The summed E-state index contributed by atoms with van der Waals surface area (Å²) in [4.78, 5) is 26.0. The number of furan rings is 1. The second-order valence-electron chi connectivity index (χ2n) is 6.34. The van der Waals surface area contributed by atoms with Crippen LogP contribution in [0, 0.1) is 12.7 Å². The molecule has 2 aromatic heterocycles. The van der Waals surface area contributed by atoms with Gasteiger partial charge in [0.25, 0.3) is 5.91 Å². The minimum atomic E-state index is -0.589. The highest BCUT2D eigenvalue weighted by Crippen LogP contribution is 2.40. The van der Waals surface area contributed by atoms with E-state index in [0.29, 0.717) is 21.7 Å². The molecule has 146 valence electrons. The fourth-order valence-corrected chi connectivity index (χ4v) is 4.21. The Morgan fingerprint density at radius 3 is 2.52 bits per heavy atom. The molecule has 0 unspecified atom stereocenters. The van der Waals surface area contributed by atoms with Crippen molar-refractivity contribution in [1.82, 2.24) is 0 Å². The van der Waals surface area contributed by atoms with E-state index in [1.807, 2.05) is 25.1 Å². The molecule has 4 rings (SSSR count). The molecular weight excluding hydrogens is 393 g/mol. The van der Waals surface area contributed by atoms with Crippen molar-refractivity contribution in [2.24, 2.45) is 0 Å². The summed E-state index contributed by atoms with van der Waals surface area (Å²) in [5.74, 6) is -1.30. The molecule has 1 amide bonds. The number of aryl methyl sites for hydroxylation is 1. The molecule has 4 aromatic rings. The van der Waals surface area contributed by atoms with Gasteiger partial charge in [-0.25, -0.2) is 9.18 Å². The number of methoxy groups -OCH3 is 1. The van der Waals surface area contributed by atoms with Crippen LogP contribution in [-0.2, 0) is 4.74 Å². The normalized spacial score (nSPS) is 10.9. The Hall–Kier alpha value is -3.45. The van der Waals surface area contributed by atoms with E-state index in [1.54, 1.807) is 24.3 Å². The third-order valence-electron chi connectivity index (χ3n) is 4.48. The summed E-state index contributed by atoms with van der Waals surface area (Å²) in [5, 5.41) is 3.91. The SMILES string of the molecule is COC(=O)c1c(NC(=O)c2cc3ccccc3o2)sc(C)c1-c1ccc(F)cc1. The maximum Gasteiger partial charge on any atom is 0.341 e. The highest BCUT2D eigenvalue weighted by atomic mass is 32.1. The molecule has 5 nitrogen and oxygen atoms in total. The van der Waals surface area contributed by atoms with Crippen LogP contribution in [0.4, 0.5) is 9.39 Å². The number of ether oxygens (including phenoxy) is 1. The Morgan fingerprint density at radius 1 is 1.10 bits per heavy atom. The molecule has 29 heavy (non-hydrogen) atoms. The molecule has 0 saturated heterocycles. The van der Waals surface area contributed by atoms with Crippen LogP contribution in [0.5, 0.6) is 0 Å². The Balaban J connectivity index is 1.75. The summed E-state index contributed by atoms with van der Waals surface area (Å²) >= 11 is 1.25. The second-order valence-corrected chi connectivity index (χ2v) is 7.56. The van der Waals surface area contributed by atoms with E-state index < -0.39 is 11.9 Å². The Morgan fingerprint density at radius 2 is 1.83 bits per heavy atom. The lowest BCUT2D eigenvalue weighted by molar-refractivity contribution is 0.0603. The van der Waals surface area contributed by atoms with Gasteiger partial charge in [-0.15, -0.1) is 11.3 Å². The van der Waals surface area contributed by atoms with Gasteiger partial charge in [-0.05, 0) is 36.8 Å². The first-order valence-corrected chi connectivity index (χ1v) is 9.57. The number of nitrogens with one attached hydrogen (secondary N) is 1. The molecule has 0 spiro atoms. The van der Waals surface area contributed by atoms with Gasteiger partial charge >= 0.3 is 5.97 Å². The lowest BCUT2D eigenvalue weighted by atomic mass is 10.0. The quantitative estimate of drug-likeness (QED) is 0.443.